The third-order valence-electron chi connectivity index (χ3n) is 6.02. The van der Waals surface area contributed by atoms with Gasteiger partial charge in [-0.25, -0.2) is 0 Å². The van der Waals surface area contributed by atoms with Crippen molar-refractivity contribution in [3.05, 3.63) is 0 Å². The van der Waals surface area contributed by atoms with Crippen LogP contribution in [-0.4, -0.2) is 12.6 Å². The van der Waals surface area contributed by atoms with Gasteiger partial charge in [0, 0.05) is 6.04 Å². The molecule has 0 spiro atoms. The van der Waals surface area contributed by atoms with Gasteiger partial charge >= 0.3 is 0 Å². The van der Waals surface area contributed by atoms with Crippen LogP contribution in [0.3, 0.4) is 0 Å². The SMILES string of the molecule is CCCNC(C1CCC(C)C1)C1CCC(C)C(C)C1. The third-order valence-corrected chi connectivity index (χ3v) is 6.02. The molecule has 19 heavy (non-hydrogen) atoms. The molecule has 2 aliphatic carbocycles. The minimum atomic E-state index is 0.819. The Morgan fingerprint density at radius 3 is 2.16 bits per heavy atom. The summed E-state index contributed by atoms with van der Waals surface area (Å²) in [5.74, 6) is 4.77. The summed E-state index contributed by atoms with van der Waals surface area (Å²) < 4.78 is 0. The highest BCUT2D eigenvalue weighted by atomic mass is 14.9. The van der Waals surface area contributed by atoms with Gasteiger partial charge < -0.3 is 5.32 Å². The molecule has 0 bridgehead atoms. The van der Waals surface area contributed by atoms with E-state index in [2.05, 4.69) is 33.0 Å². The monoisotopic (exact) mass is 265 g/mol. The first-order valence-electron chi connectivity index (χ1n) is 8.85. The summed E-state index contributed by atoms with van der Waals surface area (Å²) in [6, 6.07) is 0.819. The van der Waals surface area contributed by atoms with E-state index >= 15 is 0 Å². The Bertz CT molecular complexity index is 262. The van der Waals surface area contributed by atoms with E-state index in [0.29, 0.717) is 0 Å². The molecule has 2 aliphatic rings. The summed E-state index contributed by atoms with van der Waals surface area (Å²) in [4.78, 5) is 0. The van der Waals surface area contributed by atoms with Crippen LogP contribution in [0.25, 0.3) is 0 Å². The van der Waals surface area contributed by atoms with Crippen molar-refractivity contribution < 1.29 is 0 Å². The Balaban J connectivity index is 1.96. The Morgan fingerprint density at radius 2 is 1.58 bits per heavy atom. The standard InChI is InChI=1S/C18H35N/c1-5-10-19-18(16-8-6-13(2)11-16)17-9-7-14(3)15(4)12-17/h13-19H,5-12H2,1-4H3. The van der Waals surface area contributed by atoms with E-state index in [9.17, 15) is 0 Å². The highest BCUT2D eigenvalue weighted by Crippen LogP contribution is 2.41. The molecule has 112 valence electrons. The lowest BCUT2D eigenvalue weighted by Gasteiger charge is -2.40. The highest BCUT2D eigenvalue weighted by molar-refractivity contribution is 4.91. The molecule has 1 nitrogen and oxygen atoms in total. The zero-order valence-electron chi connectivity index (χ0n) is 13.6. The molecule has 0 saturated heterocycles. The summed E-state index contributed by atoms with van der Waals surface area (Å²) in [5.41, 5.74) is 0. The molecule has 6 unspecified atom stereocenters. The van der Waals surface area contributed by atoms with Gasteiger partial charge in [-0.15, -0.1) is 0 Å². The van der Waals surface area contributed by atoms with E-state index in [1.54, 1.807) is 0 Å². The van der Waals surface area contributed by atoms with Crippen molar-refractivity contribution in [1.82, 2.24) is 5.32 Å². The highest BCUT2D eigenvalue weighted by Gasteiger charge is 2.36. The molecule has 2 fully saturated rings. The van der Waals surface area contributed by atoms with Crippen molar-refractivity contribution in [2.24, 2.45) is 29.6 Å². The maximum atomic E-state index is 3.94. The van der Waals surface area contributed by atoms with Crippen LogP contribution in [0.4, 0.5) is 0 Å². The second-order valence-corrected chi connectivity index (χ2v) is 7.69. The summed E-state index contributed by atoms with van der Waals surface area (Å²) in [7, 11) is 0. The quantitative estimate of drug-likeness (QED) is 0.748. The first-order valence-corrected chi connectivity index (χ1v) is 8.85. The van der Waals surface area contributed by atoms with Gasteiger partial charge in [0.25, 0.3) is 0 Å². The van der Waals surface area contributed by atoms with Crippen LogP contribution in [-0.2, 0) is 0 Å². The van der Waals surface area contributed by atoms with Crippen LogP contribution >= 0.6 is 0 Å². The van der Waals surface area contributed by atoms with Gasteiger partial charge in [-0.3, -0.25) is 0 Å². The van der Waals surface area contributed by atoms with Crippen LogP contribution in [0.15, 0.2) is 0 Å². The van der Waals surface area contributed by atoms with Gasteiger partial charge in [-0.2, -0.15) is 0 Å². The molecule has 2 rings (SSSR count). The van der Waals surface area contributed by atoms with E-state index in [1.807, 2.05) is 0 Å². The summed E-state index contributed by atoms with van der Waals surface area (Å²) in [6.45, 7) is 10.9. The van der Waals surface area contributed by atoms with Crippen LogP contribution in [0.5, 0.6) is 0 Å². The average molecular weight is 265 g/mol. The topological polar surface area (TPSA) is 12.0 Å². The van der Waals surface area contributed by atoms with Crippen molar-refractivity contribution >= 4 is 0 Å². The average Bonchev–Trinajstić information content (AvgIpc) is 2.80. The maximum absolute atomic E-state index is 3.94. The van der Waals surface area contributed by atoms with Crippen molar-refractivity contribution in [2.75, 3.05) is 6.54 Å². The first-order chi connectivity index (χ1) is 9.11. The smallest absolute Gasteiger partial charge is 0.0124 e. The molecule has 0 heterocycles. The van der Waals surface area contributed by atoms with Crippen molar-refractivity contribution in [3.8, 4) is 0 Å². The van der Waals surface area contributed by atoms with E-state index in [0.717, 1.165) is 35.6 Å². The van der Waals surface area contributed by atoms with Crippen LogP contribution in [0.2, 0.25) is 0 Å². The molecule has 1 heteroatoms. The zero-order chi connectivity index (χ0) is 13.8. The molecule has 2 saturated carbocycles. The number of nitrogens with one attached hydrogen (secondary N) is 1. The summed E-state index contributed by atoms with van der Waals surface area (Å²) in [6.07, 6.45) is 10.1. The van der Waals surface area contributed by atoms with E-state index in [-0.39, 0.29) is 0 Å². The molecular weight excluding hydrogens is 230 g/mol. The van der Waals surface area contributed by atoms with Crippen LogP contribution < -0.4 is 5.32 Å². The van der Waals surface area contributed by atoms with Crippen molar-refractivity contribution in [2.45, 2.75) is 78.7 Å². The minimum Gasteiger partial charge on any atom is -0.313 e. The molecule has 0 amide bonds. The molecule has 0 aromatic heterocycles. The molecular formula is C18H35N. The third kappa shape index (κ3) is 3.97. The molecule has 0 aromatic carbocycles. The fraction of sp³-hybridized carbons (Fsp3) is 1.00. The Kier molecular flexibility index (Phi) is 5.74. The van der Waals surface area contributed by atoms with Gasteiger partial charge in [0.1, 0.15) is 0 Å². The summed E-state index contributed by atoms with van der Waals surface area (Å²) in [5, 5.41) is 3.94. The molecule has 0 radical (unpaired) electrons. The van der Waals surface area contributed by atoms with Gasteiger partial charge in [-0.05, 0) is 68.2 Å². The largest absolute Gasteiger partial charge is 0.313 e. The van der Waals surface area contributed by atoms with Crippen molar-refractivity contribution in [1.29, 1.82) is 0 Å². The number of hydrogen-bond donors (Lipinski definition) is 1. The molecule has 0 aromatic rings. The minimum absolute atomic E-state index is 0.819. The number of hydrogen-bond acceptors (Lipinski definition) is 1. The predicted molar refractivity (Wildman–Crippen MR) is 84.3 cm³/mol. The lowest BCUT2D eigenvalue weighted by Crippen LogP contribution is -2.44. The van der Waals surface area contributed by atoms with Crippen molar-refractivity contribution in [3.63, 3.8) is 0 Å². The van der Waals surface area contributed by atoms with E-state index < -0.39 is 0 Å². The molecule has 1 N–H and O–H groups in total. The Hall–Kier alpha value is -0.0400. The van der Waals surface area contributed by atoms with Gasteiger partial charge in [0.15, 0.2) is 0 Å². The fourth-order valence-electron chi connectivity index (χ4n) is 4.52. The predicted octanol–water partition coefficient (Wildman–Crippen LogP) is 4.86. The van der Waals surface area contributed by atoms with Crippen LogP contribution in [0.1, 0.15) is 72.6 Å². The second-order valence-electron chi connectivity index (χ2n) is 7.69. The Labute approximate surface area is 120 Å². The number of rotatable bonds is 5. The lowest BCUT2D eigenvalue weighted by atomic mass is 9.70. The Morgan fingerprint density at radius 1 is 0.895 bits per heavy atom. The molecule has 6 atom stereocenters. The van der Waals surface area contributed by atoms with Crippen LogP contribution in [0, 0.1) is 29.6 Å². The molecule has 0 aliphatic heterocycles. The van der Waals surface area contributed by atoms with Gasteiger partial charge in [0.05, 0.1) is 0 Å². The zero-order valence-corrected chi connectivity index (χ0v) is 13.6. The first kappa shape index (κ1) is 15.4. The maximum Gasteiger partial charge on any atom is 0.0124 e. The van der Waals surface area contributed by atoms with E-state index in [1.165, 1.54) is 51.5 Å². The van der Waals surface area contributed by atoms with E-state index in [4.69, 9.17) is 0 Å². The second kappa shape index (κ2) is 7.11. The van der Waals surface area contributed by atoms with Gasteiger partial charge in [0.2, 0.25) is 0 Å². The van der Waals surface area contributed by atoms with Gasteiger partial charge in [-0.1, -0.05) is 40.5 Å². The lowest BCUT2D eigenvalue weighted by molar-refractivity contribution is 0.140. The fourth-order valence-corrected chi connectivity index (χ4v) is 4.52. The normalized spacial score (nSPS) is 41.4. The summed E-state index contributed by atoms with van der Waals surface area (Å²) >= 11 is 0.